The van der Waals surface area contributed by atoms with Gasteiger partial charge in [-0.1, -0.05) is 56.9 Å². The fourth-order valence-electron chi connectivity index (χ4n) is 3.34. The molecule has 0 saturated heterocycles. The first-order valence-corrected chi connectivity index (χ1v) is 13.8. The van der Waals surface area contributed by atoms with E-state index in [1.54, 1.807) is 0 Å². The summed E-state index contributed by atoms with van der Waals surface area (Å²) in [5.41, 5.74) is 4.45. The summed E-state index contributed by atoms with van der Waals surface area (Å²) in [6.07, 6.45) is 2.99. The summed E-state index contributed by atoms with van der Waals surface area (Å²) < 4.78 is 14.2. The van der Waals surface area contributed by atoms with E-state index in [0.29, 0.717) is 13.3 Å². The van der Waals surface area contributed by atoms with E-state index >= 15 is 0 Å². The molecule has 0 aliphatic rings. The van der Waals surface area contributed by atoms with Crippen molar-refractivity contribution in [2.24, 2.45) is 0 Å². The number of nitrogens with zero attached hydrogens (tertiary/aromatic N) is 2. The van der Waals surface area contributed by atoms with Crippen molar-refractivity contribution < 1.29 is 9.47 Å². The highest BCUT2D eigenvalue weighted by Crippen LogP contribution is 2.30. The second kappa shape index (κ2) is 8.93. The van der Waals surface area contributed by atoms with E-state index in [9.17, 15) is 0 Å². The molecule has 0 radical (unpaired) electrons. The Morgan fingerprint density at radius 2 is 1.82 bits per heavy atom. The summed E-state index contributed by atoms with van der Waals surface area (Å²) in [5, 5.41) is 1.21. The maximum absolute atomic E-state index is 6.10. The molecule has 0 atom stereocenters. The average molecular weight is 397 g/mol. The van der Waals surface area contributed by atoms with E-state index in [1.807, 2.05) is 18.2 Å². The number of aryl methyl sites for hydroxylation is 2. The molecule has 28 heavy (non-hydrogen) atoms. The monoisotopic (exact) mass is 396 g/mol. The highest BCUT2D eigenvalue weighted by Gasteiger charge is 2.16. The maximum Gasteiger partial charge on any atom is 0.217 e. The minimum absolute atomic E-state index is 0.534. The first kappa shape index (κ1) is 20.6. The number of aromatic nitrogens is 2. The summed E-state index contributed by atoms with van der Waals surface area (Å²) in [6, 6.07) is 13.6. The molecule has 0 bridgehead atoms. The Morgan fingerprint density at radius 3 is 2.50 bits per heavy atom. The van der Waals surface area contributed by atoms with Gasteiger partial charge in [-0.15, -0.1) is 0 Å². The highest BCUT2D eigenvalue weighted by atomic mass is 28.3. The average Bonchev–Trinajstić information content (AvgIpc) is 3.08. The fraction of sp³-hybridized carbons (Fsp3) is 0.435. The van der Waals surface area contributed by atoms with E-state index in [4.69, 9.17) is 14.5 Å². The van der Waals surface area contributed by atoms with Crippen LogP contribution < -0.4 is 4.74 Å². The fourth-order valence-corrected chi connectivity index (χ4v) is 4.10. The SMILES string of the molecule is CCc1c(OCc2ccccc2)nc(C)c2c1ccn2COCC[Si](C)(C)C. The van der Waals surface area contributed by atoms with Crippen LogP contribution >= 0.6 is 0 Å². The van der Waals surface area contributed by atoms with Gasteiger partial charge in [0.15, 0.2) is 0 Å². The number of fused-ring (bicyclic) bond motifs is 1. The standard InChI is InChI=1S/C23H32N2O2Si/c1-6-20-21-12-13-25(17-26-14-15-28(3,4)5)22(21)18(2)24-23(20)27-16-19-10-8-7-9-11-19/h7-13H,6,14-17H2,1-5H3. The zero-order chi connectivity index (χ0) is 20.1. The lowest BCUT2D eigenvalue weighted by molar-refractivity contribution is 0.0901. The van der Waals surface area contributed by atoms with Gasteiger partial charge in [0.1, 0.15) is 13.3 Å². The predicted molar refractivity (Wildman–Crippen MR) is 119 cm³/mol. The molecule has 2 heterocycles. The van der Waals surface area contributed by atoms with Crippen LogP contribution in [0, 0.1) is 6.92 Å². The van der Waals surface area contributed by atoms with E-state index < -0.39 is 8.07 Å². The first-order valence-electron chi connectivity index (χ1n) is 10.1. The molecule has 0 saturated carbocycles. The van der Waals surface area contributed by atoms with Crippen LogP contribution in [-0.2, 0) is 24.5 Å². The Hall–Kier alpha value is -2.11. The number of ether oxygens (including phenoxy) is 2. The van der Waals surface area contributed by atoms with Gasteiger partial charge >= 0.3 is 0 Å². The van der Waals surface area contributed by atoms with Gasteiger partial charge in [0, 0.05) is 31.8 Å². The highest BCUT2D eigenvalue weighted by molar-refractivity contribution is 6.76. The van der Waals surface area contributed by atoms with Crippen molar-refractivity contribution in [1.29, 1.82) is 0 Å². The van der Waals surface area contributed by atoms with Gasteiger partial charge in [0.05, 0.1) is 11.2 Å². The van der Waals surface area contributed by atoms with Crippen molar-refractivity contribution in [3.63, 3.8) is 0 Å². The van der Waals surface area contributed by atoms with Gasteiger partial charge in [-0.2, -0.15) is 0 Å². The number of rotatable bonds is 9. The van der Waals surface area contributed by atoms with Gasteiger partial charge in [-0.3, -0.25) is 0 Å². The minimum atomic E-state index is -1.07. The van der Waals surface area contributed by atoms with Gasteiger partial charge in [0.2, 0.25) is 5.88 Å². The van der Waals surface area contributed by atoms with Crippen LogP contribution in [0.4, 0.5) is 0 Å². The smallest absolute Gasteiger partial charge is 0.217 e. The lowest BCUT2D eigenvalue weighted by Gasteiger charge is -2.16. The second-order valence-electron chi connectivity index (χ2n) is 8.50. The summed E-state index contributed by atoms with van der Waals surface area (Å²) >= 11 is 0. The molecular formula is C23H32N2O2Si. The molecule has 5 heteroatoms. The van der Waals surface area contributed by atoms with Crippen LogP contribution in [0.25, 0.3) is 10.9 Å². The van der Waals surface area contributed by atoms with Crippen molar-refractivity contribution >= 4 is 19.0 Å². The molecule has 3 rings (SSSR count). The van der Waals surface area contributed by atoms with Gasteiger partial charge in [0.25, 0.3) is 0 Å². The largest absolute Gasteiger partial charge is 0.473 e. The van der Waals surface area contributed by atoms with E-state index in [1.165, 1.54) is 11.4 Å². The Bertz CT molecular complexity index is 914. The van der Waals surface area contributed by atoms with Gasteiger partial charge < -0.3 is 14.0 Å². The summed E-state index contributed by atoms with van der Waals surface area (Å²) in [6.45, 7) is 13.3. The third kappa shape index (κ3) is 5.03. The van der Waals surface area contributed by atoms with Crippen LogP contribution in [0.1, 0.15) is 23.7 Å². The number of pyridine rings is 1. The van der Waals surface area contributed by atoms with E-state index in [0.717, 1.165) is 41.2 Å². The van der Waals surface area contributed by atoms with Crippen molar-refractivity contribution in [2.45, 2.75) is 59.3 Å². The Kier molecular flexibility index (Phi) is 6.57. The Labute approximate surface area is 169 Å². The normalized spacial score (nSPS) is 11.9. The molecular weight excluding hydrogens is 364 g/mol. The zero-order valence-corrected chi connectivity index (χ0v) is 18.8. The molecule has 0 spiro atoms. The van der Waals surface area contributed by atoms with Crippen LogP contribution in [0.5, 0.6) is 5.88 Å². The lowest BCUT2D eigenvalue weighted by atomic mass is 10.1. The first-order chi connectivity index (χ1) is 13.4. The molecule has 150 valence electrons. The molecule has 3 aromatic rings. The molecule has 0 aliphatic carbocycles. The third-order valence-corrected chi connectivity index (χ3v) is 6.66. The number of hydrogen-bond donors (Lipinski definition) is 0. The predicted octanol–water partition coefficient (Wildman–Crippen LogP) is 5.80. The molecule has 0 aliphatic heterocycles. The second-order valence-corrected chi connectivity index (χ2v) is 14.1. The summed E-state index contributed by atoms with van der Waals surface area (Å²) in [5.74, 6) is 0.744. The maximum atomic E-state index is 6.10. The molecule has 0 fully saturated rings. The Balaban J connectivity index is 1.78. The van der Waals surface area contributed by atoms with E-state index in [-0.39, 0.29) is 0 Å². The minimum Gasteiger partial charge on any atom is -0.473 e. The molecule has 0 amide bonds. The molecule has 0 unspecified atom stereocenters. The van der Waals surface area contributed by atoms with Crippen LogP contribution in [0.15, 0.2) is 42.6 Å². The number of hydrogen-bond acceptors (Lipinski definition) is 3. The van der Waals surface area contributed by atoms with Crippen molar-refractivity contribution in [3.8, 4) is 5.88 Å². The molecule has 2 aromatic heterocycles. The van der Waals surface area contributed by atoms with Crippen molar-refractivity contribution in [3.05, 3.63) is 59.4 Å². The summed E-state index contributed by atoms with van der Waals surface area (Å²) in [4.78, 5) is 4.80. The third-order valence-electron chi connectivity index (χ3n) is 4.96. The lowest BCUT2D eigenvalue weighted by Crippen LogP contribution is -2.22. The van der Waals surface area contributed by atoms with Crippen LogP contribution in [0.3, 0.4) is 0 Å². The van der Waals surface area contributed by atoms with E-state index in [2.05, 4.69) is 62.5 Å². The van der Waals surface area contributed by atoms with Crippen LogP contribution in [0.2, 0.25) is 25.7 Å². The molecule has 1 aromatic carbocycles. The van der Waals surface area contributed by atoms with Gasteiger partial charge in [-0.05, 0) is 31.0 Å². The topological polar surface area (TPSA) is 36.3 Å². The molecule has 0 N–H and O–H groups in total. The zero-order valence-electron chi connectivity index (χ0n) is 17.8. The number of benzene rings is 1. The van der Waals surface area contributed by atoms with Crippen molar-refractivity contribution in [1.82, 2.24) is 9.55 Å². The van der Waals surface area contributed by atoms with Crippen molar-refractivity contribution in [2.75, 3.05) is 6.61 Å². The Morgan fingerprint density at radius 1 is 1.07 bits per heavy atom. The molecule has 4 nitrogen and oxygen atoms in total. The quantitative estimate of drug-likeness (QED) is 0.339. The van der Waals surface area contributed by atoms with Gasteiger partial charge in [-0.25, -0.2) is 4.98 Å². The summed E-state index contributed by atoms with van der Waals surface area (Å²) in [7, 11) is -1.07. The van der Waals surface area contributed by atoms with Crippen LogP contribution in [-0.4, -0.2) is 24.2 Å².